The van der Waals surface area contributed by atoms with Gasteiger partial charge in [0.15, 0.2) is 0 Å². The summed E-state index contributed by atoms with van der Waals surface area (Å²) >= 11 is 1.33. The van der Waals surface area contributed by atoms with Gasteiger partial charge in [-0.3, -0.25) is 0 Å². The van der Waals surface area contributed by atoms with Gasteiger partial charge in [0.2, 0.25) is 0 Å². The lowest BCUT2D eigenvalue weighted by atomic mass is 10.1. The molecule has 0 saturated carbocycles. The van der Waals surface area contributed by atoms with E-state index in [9.17, 15) is 0 Å². The molecule has 0 aliphatic carbocycles. The van der Waals surface area contributed by atoms with Gasteiger partial charge in [-0.25, -0.2) is 10.2 Å². The van der Waals surface area contributed by atoms with Crippen LogP contribution in [0, 0.1) is 5.92 Å². The van der Waals surface area contributed by atoms with Gasteiger partial charge in [-0.1, -0.05) is 20.3 Å². The van der Waals surface area contributed by atoms with Gasteiger partial charge in [0.1, 0.15) is 0 Å². The molecule has 0 radical (unpaired) electrons. The van der Waals surface area contributed by atoms with Crippen molar-refractivity contribution in [3.63, 3.8) is 0 Å². The molecule has 0 bridgehead atoms. The molecular weight excluding hydrogens is 134 g/mol. The smallest absolute Gasteiger partial charge is 0.0217 e. The molecule has 0 unspecified atom stereocenters. The van der Waals surface area contributed by atoms with E-state index in [0.717, 1.165) is 11.7 Å². The van der Waals surface area contributed by atoms with Gasteiger partial charge in [-0.15, -0.1) is 0 Å². The van der Waals surface area contributed by atoms with Crippen LogP contribution in [0.25, 0.3) is 0 Å². The highest BCUT2D eigenvalue weighted by Crippen LogP contribution is 2.08. The van der Waals surface area contributed by atoms with Gasteiger partial charge in [0, 0.05) is 17.8 Å². The zero-order chi connectivity index (χ0) is 7.11. The predicted molar refractivity (Wildman–Crippen MR) is 41.8 cm³/mol. The van der Waals surface area contributed by atoms with E-state index in [2.05, 4.69) is 18.1 Å². The van der Waals surface area contributed by atoms with E-state index in [1.54, 1.807) is 0 Å². The summed E-state index contributed by atoms with van der Waals surface area (Å²) in [5.74, 6) is 6.61. The van der Waals surface area contributed by atoms with Crippen molar-refractivity contribution in [3.8, 4) is 0 Å². The van der Waals surface area contributed by atoms with Crippen LogP contribution in [0.15, 0.2) is 0 Å². The molecule has 56 valence electrons. The Morgan fingerprint density at radius 3 is 2.67 bits per heavy atom. The first kappa shape index (κ1) is 9.27. The summed E-state index contributed by atoms with van der Waals surface area (Å²) in [5.41, 5.74) is 0. The molecular formula is C6H15NOS. The Morgan fingerprint density at radius 1 is 1.56 bits per heavy atom. The fraction of sp³-hybridized carbons (Fsp3) is 1.00. The van der Waals surface area contributed by atoms with Crippen LogP contribution in [0.5, 0.6) is 0 Å². The first-order valence-electron chi connectivity index (χ1n) is 3.25. The molecule has 0 aromatic heterocycles. The Kier molecular flexibility index (Phi) is 6.58. The number of rotatable bonds is 5. The van der Waals surface area contributed by atoms with E-state index in [-0.39, 0.29) is 0 Å². The van der Waals surface area contributed by atoms with Crippen molar-refractivity contribution < 1.29 is 4.28 Å². The van der Waals surface area contributed by atoms with E-state index >= 15 is 0 Å². The van der Waals surface area contributed by atoms with Gasteiger partial charge >= 0.3 is 0 Å². The maximum absolute atomic E-state index is 4.81. The van der Waals surface area contributed by atoms with Gasteiger partial charge in [-0.05, 0) is 12.3 Å². The topological polar surface area (TPSA) is 35.2 Å². The summed E-state index contributed by atoms with van der Waals surface area (Å²) in [7, 11) is 0. The average molecular weight is 149 g/mol. The number of hydrogen-bond acceptors (Lipinski definition) is 3. The minimum atomic E-state index is 0.795. The Labute approximate surface area is 61.3 Å². The Morgan fingerprint density at radius 2 is 2.22 bits per heavy atom. The Bertz CT molecular complexity index is 59.0. The minimum absolute atomic E-state index is 0.795. The highest BCUT2D eigenvalue weighted by Gasteiger charge is 1.92. The molecule has 3 heteroatoms. The molecule has 0 fully saturated rings. The van der Waals surface area contributed by atoms with Crippen molar-refractivity contribution in [1.29, 1.82) is 0 Å². The molecule has 9 heavy (non-hydrogen) atoms. The maximum atomic E-state index is 4.81. The number of hydrogen-bond donors (Lipinski definition) is 1. The summed E-state index contributed by atoms with van der Waals surface area (Å²) in [6.45, 7) is 4.43. The maximum Gasteiger partial charge on any atom is 0.0217 e. The monoisotopic (exact) mass is 149 g/mol. The second-order valence-electron chi connectivity index (χ2n) is 2.45. The van der Waals surface area contributed by atoms with Crippen LogP contribution >= 0.6 is 12.0 Å². The third-order valence-corrected chi connectivity index (χ3v) is 1.67. The summed E-state index contributed by atoms with van der Waals surface area (Å²) in [4.78, 5) is 0. The van der Waals surface area contributed by atoms with Crippen LogP contribution in [0.2, 0.25) is 0 Å². The van der Waals surface area contributed by atoms with E-state index in [1.807, 2.05) is 0 Å². The summed E-state index contributed by atoms with van der Waals surface area (Å²) < 4.78 is 4.34. The molecule has 0 aliphatic heterocycles. The molecule has 0 aromatic carbocycles. The summed E-state index contributed by atoms with van der Waals surface area (Å²) in [5, 5.41) is 0. The zero-order valence-electron chi connectivity index (χ0n) is 6.09. The van der Waals surface area contributed by atoms with Crippen LogP contribution < -0.4 is 5.90 Å². The van der Waals surface area contributed by atoms with Crippen LogP contribution in [-0.4, -0.2) is 5.75 Å². The van der Waals surface area contributed by atoms with E-state index in [0.29, 0.717) is 0 Å². The van der Waals surface area contributed by atoms with Crippen LogP contribution in [0.1, 0.15) is 26.7 Å². The second kappa shape index (κ2) is 6.39. The molecule has 0 heterocycles. The highest BCUT2D eigenvalue weighted by molar-refractivity contribution is 7.94. The molecule has 0 amide bonds. The zero-order valence-corrected chi connectivity index (χ0v) is 6.91. The summed E-state index contributed by atoms with van der Waals surface area (Å²) in [6, 6.07) is 0. The van der Waals surface area contributed by atoms with Crippen LogP contribution in [-0.2, 0) is 4.28 Å². The standard InChI is InChI=1S/C6H15NOS/c1-6(2)4-3-5-9-8-7/h6H,3-5,7H2,1-2H3. The fourth-order valence-corrected chi connectivity index (χ4v) is 0.979. The van der Waals surface area contributed by atoms with Crippen molar-refractivity contribution in [1.82, 2.24) is 0 Å². The van der Waals surface area contributed by atoms with Crippen LogP contribution in [0.4, 0.5) is 0 Å². The van der Waals surface area contributed by atoms with E-state index < -0.39 is 0 Å². The molecule has 0 aliphatic rings. The fourth-order valence-electron chi connectivity index (χ4n) is 0.599. The predicted octanol–water partition coefficient (Wildman–Crippen LogP) is 1.96. The first-order chi connectivity index (χ1) is 4.27. The number of nitrogens with two attached hydrogens (primary N) is 1. The van der Waals surface area contributed by atoms with Crippen molar-refractivity contribution in [2.24, 2.45) is 11.8 Å². The van der Waals surface area contributed by atoms with E-state index in [4.69, 9.17) is 5.90 Å². The van der Waals surface area contributed by atoms with E-state index in [1.165, 1.54) is 24.9 Å². The third-order valence-electron chi connectivity index (χ3n) is 1.08. The third kappa shape index (κ3) is 8.27. The molecule has 0 atom stereocenters. The lowest BCUT2D eigenvalue weighted by Crippen LogP contribution is -1.92. The van der Waals surface area contributed by atoms with Crippen molar-refractivity contribution in [2.45, 2.75) is 26.7 Å². The average Bonchev–Trinajstić information content (AvgIpc) is 1.80. The van der Waals surface area contributed by atoms with Crippen molar-refractivity contribution in [2.75, 3.05) is 5.75 Å². The lowest BCUT2D eigenvalue weighted by molar-refractivity contribution is 0.397. The Balaban J connectivity index is 2.75. The van der Waals surface area contributed by atoms with Crippen molar-refractivity contribution in [3.05, 3.63) is 0 Å². The lowest BCUT2D eigenvalue weighted by Gasteiger charge is -2.01. The molecule has 0 spiro atoms. The van der Waals surface area contributed by atoms with Crippen molar-refractivity contribution >= 4 is 12.0 Å². The molecule has 2 nitrogen and oxygen atoms in total. The minimum Gasteiger partial charge on any atom is -0.234 e. The van der Waals surface area contributed by atoms with Gasteiger partial charge in [-0.2, -0.15) is 0 Å². The van der Waals surface area contributed by atoms with Gasteiger partial charge in [0.25, 0.3) is 0 Å². The summed E-state index contributed by atoms with van der Waals surface area (Å²) in [6.07, 6.45) is 2.45. The van der Waals surface area contributed by atoms with Gasteiger partial charge in [0.05, 0.1) is 0 Å². The molecule has 0 rings (SSSR count). The molecule has 0 aromatic rings. The Hall–Kier alpha value is 0.270. The molecule has 0 saturated heterocycles. The first-order valence-corrected chi connectivity index (χ1v) is 4.16. The largest absolute Gasteiger partial charge is 0.234 e. The molecule has 2 N–H and O–H groups in total. The quantitative estimate of drug-likeness (QED) is 0.369. The second-order valence-corrected chi connectivity index (χ2v) is 3.29. The highest BCUT2D eigenvalue weighted by atomic mass is 32.2. The van der Waals surface area contributed by atoms with Gasteiger partial charge < -0.3 is 0 Å². The SMILES string of the molecule is CC(C)CCCSON. The normalized spacial score (nSPS) is 10.7. The van der Waals surface area contributed by atoms with Crippen LogP contribution in [0.3, 0.4) is 0 Å².